The third kappa shape index (κ3) is 5.38. The number of amides is 1. The Morgan fingerprint density at radius 3 is 2.39 bits per heavy atom. The highest BCUT2D eigenvalue weighted by molar-refractivity contribution is 5.76. The van der Waals surface area contributed by atoms with Crippen LogP contribution in [0.2, 0.25) is 0 Å². The minimum atomic E-state index is 0.105. The van der Waals surface area contributed by atoms with Gasteiger partial charge in [-0.1, -0.05) is 52.9 Å². The van der Waals surface area contributed by atoms with Crippen molar-refractivity contribution in [1.29, 1.82) is 0 Å². The molecule has 0 bridgehead atoms. The highest BCUT2D eigenvalue weighted by Crippen LogP contribution is 2.32. The average molecular weight is 254 g/mol. The van der Waals surface area contributed by atoms with Gasteiger partial charge in [0.2, 0.25) is 5.91 Å². The van der Waals surface area contributed by atoms with Crippen LogP contribution in [-0.2, 0) is 4.79 Å². The summed E-state index contributed by atoms with van der Waals surface area (Å²) in [5, 5.41) is 3.19. The van der Waals surface area contributed by atoms with E-state index in [4.69, 9.17) is 5.73 Å². The van der Waals surface area contributed by atoms with Gasteiger partial charge in [0.05, 0.1) is 0 Å². The summed E-state index contributed by atoms with van der Waals surface area (Å²) in [5.74, 6) is 0.898. The van der Waals surface area contributed by atoms with Gasteiger partial charge in [-0.05, 0) is 17.8 Å². The molecule has 3 nitrogen and oxygen atoms in total. The van der Waals surface area contributed by atoms with E-state index in [1.165, 1.54) is 32.1 Å². The fourth-order valence-corrected chi connectivity index (χ4v) is 2.78. The topological polar surface area (TPSA) is 55.1 Å². The molecule has 0 spiro atoms. The van der Waals surface area contributed by atoms with Crippen molar-refractivity contribution in [2.24, 2.45) is 17.1 Å². The van der Waals surface area contributed by atoms with Crippen molar-refractivity contribution in [3.63, 3.8) is 0 Å². The highest BCUT2D eigenvalue weighted by atomic mass is 16.1. The minimum absolute atomic E-state index is 0.105. The molecule has 3 N–H and O–H groups in total. The normalized spacial score (nSPS) is 19.6. The van der Waals surface area contributed by atoms with Gasteiger partial charge in [0.15, 0.2) is 0 Å². The average Bonchev–Trinajstić information content (AvgIpc) is 2.28. The summed E-state index contributed by atoms with van der Waals surface area (Å²) < 4.78 is 0. The Morgan fingerprint density at radius 2 is 1.89 bits per heavy atom. The van der Waals surface area contributed by atoms with Gasteiger partial charge in [-0.2, -0.15) is 0 Å². The predicted molar refractivity (Wildman–Crippen MR) is 76.2 cm³/mol. The van der Waals surface area contributed by atoms with Gasteiger partial charge in [-0.15, -0.1) is 0 Å². The molecule has 0 unspecified atom stereocenters. The molecule has 1 fully saturated rings. The molecule has 1 aliphatic carbocycles. The molecule has 0 saturated heterocycles. The van der Waals surface area contributed by atoms with Gasteiger partial charge in [0.25, 0.3) is 0 Å². The quantitative estimate of drug-likeness (QED) is 0.792. The molecule has 0 aliphatic heterocycles. The Hall–Kier alpha value is -0.570. The van der Waals surface area contributed by atoms with Crippen LogP contribution in [0.5, 0.6) is 0 Å². The predicted octanol–water partition coefficient (Wildman–Crippen LogP) is 2.84. The molecule has 0 heterocycles. The third-order valence-electron chi connectivity index (χ3n) is 4.05. The molecular formula is C15H30N2O. The largest absolute Gasteiger partial charge is 0.353 e. The van der Waals surface area contributed by atoms with Gasteiger partial charge in [-0.3, -0.25) is 4.79 Å². The summed E-state index contributed by atoms with van der Waals surface area (Å²) in [6.45, 7) is 7.07. The summed E-state index contributed by atoms with van der Waals surface area (Å²) >= 11 is 0. The van der Waals surface area contributed by atoms with Crippen LogP contribution >= 0.6 is 0 Å². The van der Waals surface area contributed by atoms with E-state index in [1.54, 1.807) is 0 Å². The molecule has 0 aromatic carbocycles. The van der Waals surface area contributed by atoms with Crippen molar-refractivity contribution in [2.45, 2.75) is 71.8 Å². The summed E-state index contributed by atoms with van der Waals surface area (Å²) in [4.78, 5) is 11.8. The standard InChI is InChI=1S/C15H30N2O/c1-15(2,3)13(17-14(18)9-10-16)11-12-7-5-4-6-8-12/h12-13H,4-11,16H2,1-3H3,(H,17,18)/t13-/m1/s1. The lowest BCUT2D eigenvalue weighted by molar-refractivity contribution is -0.122. The second-order valence-corrected chi connectivity index (χ2v) is 6.76. The number of nitrogens with two attached hydrogens (primary N) is 1. The first-order valence-corrected chi connectivity index (χ1v) is 7.43. The molecule has 1 saturated carbocycles. The van der Waals surface area contributed by atoms with E-state index in [0.29, 0.717) is 13.0 Å². The van der Waals surface area contributed by atoms with E-state index >= 15 is 0 Å². The third-order valence-corrected chi connectivity index (χ3v) is 4.05. The lowest BCUT2D eigenvalue weighted by Crippen LogP contribution is -2.45. The monoisotopic (exact) mass is 254 g/mol. The number of carbonyl (C=O) groups is 1. The van der Waals surface area contributed by atoms with Crippen LogP contribution in [0.3, 0.4) is 0 Å². The van der Waals surface area contributed by atoms with Crippen molar-refractivity contribution >= 4 is 5.91 Å². The second-order valence-electron chi connectivity index (χ2n) is 6.76. The van der Waals surface area contributed by atoms with E-state index in [2.05, 4.69) is 26.1 Å². The first-order chi connectivity index (χ1) is 8.43. The molecule has 0 aromatic rings. The lowest BCUT2D eigenvalue weighted by atomic mass is 9.77. The van der Waals surface area contributed by atoms with Crippen molar-refractivity contribution in [2.75, 3.05) is 6.54 Å². The van der Waals surface area contributed by atoms with Crippen LogP contribution in [0.1, 0.15) is 65.7 Å². The number of rotatable bonds is 5. The fraction of sp³-hybridized carbons (Fsp3) is 0.933. The SMILES string of the molecule is CC(C)(C)[C@@H](CC1CCCCC1)NC(=O)CCN. The summed E-state index contributed by atoms with van der Waals surface area (Å²) in [6, 6.07) is 0.277. The maximum atomic E-state index is 11.8. The number of hydrogen-bond acceptors (Lipinski definition) is 2. The Kier molecular flexibility index (Phi) is 6.13. The highest BCUT2D eigenvalue weighted by Gasteiger charge is 2.29. The first-order valence-electron chi connectivity index (χ1n) is 7.43. The molecule has 3 heteroatoms. The fourth-order valence-electron chi connectivity index (χ4n) is 2.78. The Labute approximate surface area is 112 Å². The van der Waals surface area contributed by atoms with E-state index in [0.717, 1.165) is 12.3 Å². The zero-order chi connectivity index (χ0) is 13.6. The zero-order valence-corrected chi connectivity index (χ0v) is 12.3. The minimum Gasteiger partial charge on any atom is -0.353 e. The van der Waals surface area contributed by atoms with Gasteiger partial charge < -0.3 is 11.1 Å². The Balaban J connectivity index is 2.52. The summed E-state index contributed by atoms with van der Waals surface area (Å²) in [5.41, 5.74) is 5.56. The zero-order valence-electron chi connectivity index (χ0n) is 12.3. The summed E-state index contributed by atoms with van der Waals surface area (Å²) in [6.07, 6.45) is 8.34. The second kappa shape index (κ2) is 7.13. The molecule has 1 atom stereocenters. The van der Waals surface area contributed by atoms with Crippen LogP contribution in [0.25, 0.3) is 0 Å². The van der Waals surface area contributed by atoms with Gasteiger partial charge in [0, 0.05) is 19.0 Å². The van der Waals surface area contributed by atoms with E-state index in [9.17, 15) is 4.79 Å². The Bertz CT molecular complexity index is 252. The lowest BCUT2D eigenvalue weighted by Gasteiger charge is -2.35. The Morgan fingerprint density at radius 1 is 1.28 bits per heavy atom. The molecule has 1 rings (SSSR count). The van der Waals surface area contributed by atoms with E-state index in [-0.39, 0.29) is 17.4 Å². The number of carbonyl (C=O) groups excluding carboxylic acids is 1. The molecular weight excluding hydrogens is 224 g/mol. The molecule has 106 valence electrons. The smallest absolute Gasteiger partial charge is 0.221 e. The van der Waals surface area contributed by atoms with E-state index < -0.39 is 0 Å². The van der Waals surface area contributed by atoms with Crippen LogP contribution in [0.4, 0.5) is 0 Å². The molecule has 18 heavy (non-hydrogen) atoms. The maximum Gasteiger partial charge on any atom is 0.221 e. The van der Waals surface area contributed by atoms with Crippen molar-refractivity contribution in [3.8, 4) is 0 Å². The van der Waals surface area contributed by atoms with Crippen molar-refractivity contribution in [1.82, 2.24) is 5.32 Å². The van der Waals surface area contributed by atoms with Gasteiger partial charge in [0.1, 0.15) is 0 Å². The van der Waals surface area contributed by atoms with Crippen LogP contribution in [0.15, 0.2) is 0 Å². The number of nitrogens with one attached hydrogen (secondary N) is 1. The van der Waals surface area contributed by atoms with Gasteiger partial charge >= 0.3 is 0 Å². The molecule has 1 aliphatic rings. The van der Waals surface area contributed by atoms with Crippen LogP contribution in [-0.4, -0.2) is 18.5 Å². The molecule has 1 amide bonds. The van der Waals surface area contributed by atoms with Crippen molar-refractivity contribution < 1.29 is 4.79 Å². The summed E-state index contributed by atoms with van der Waals surface area (Å²) in [7, 11) is 0. The molecule has 0 radical (unpaired) electrons. The maximum absolute atomic E-state index is 11.8. The van der Waals surface area contributed by atoms with Crippen LogP contribution in [0, 0.1) is 11.3 Å². The first kappa shape index (κ1) is 15.5. The van der Waals surface area contributed by atoms with Gasteiger partial charge in [-0.25, -0.2) is 0 Å². The van der Waals surface area contributed by atoms with Crippen molar-refractivity contribution in [3.05, 3.63) is 0 Å². The molecule has 0 aromatic heterocycles. The van der Waals surface area contributed by atoms with Crippen LogP contribution < -0.4 is 11.1 Å². The van der Waals surface area contributed by atoms with E-state index in [1.807, 2.05) is 0 Å². The number of hydrogen-bond donors (Lipinski definition) is 2.